The van der Waals surface area contributed by atoms with Crippen molar-refractivity contribution in [3.8, 4) is 0 Å². The zero-order valence-corrected chi connectivity index (χ0v) is 19.4. The van der Waals surface area contributed by atoms with Crippen molar-refractivity contribution in [1.29, 1.82) is 0 Å². The van der Waals surface area contributed by atoms with Gasteiger partial charge in [-0.3, -0.25) is 4.79 Å². The van der Waals surface area contributed by atoms with Crippen molar-refractivity contribution >= 4 is 44.6 Å². The number of carbonyl (C=O) groups excluding carboxylic acids is 1. The summed E-state index contributed by atoms with van der Waals surface area (Å²) in [5.41, 5.74) is 2.19. The molecule has 1 N–H and O–H groups in total. The summed E-state index contributed by atoms with van der Waals surface area (Å²) in [6.07, 6.45) is 1.11. The van der Waals surface area contributed by atoms with E-state index in [4.69, 9.17) is 11.6 Å². The van der Waals surface area contributed by atoms with Gasteiger partial charge in [0.25, 0.3) is 5.91 Å². The van der Waals surface area contributed by atoms with Crippen LogP contribution in [0, 0.1) is 18.8 Å². The van der Waals surface area contributed by atoms with Crippen molar-refractivity contribution < 1.29 is 4.79 Å². The smallest absolute Gasteiger partial charge is 0.263 e. The molecule has 3 heterocycles. The van der Waals surface area contributed by atoms with Crippen LogP contribution in [0.1, 0.15) is 21.7 Å². The number of anilines is 1. The van der Waals surface area contributed by atoms with Crippen molar-refractivity contribution in [1.82, 2.24) is 9.80 Å². The van der Waals surface area contributed by atoms with Gasteiger partial charge in [0.05, 0.1) is 4.88 Å². The maximum atomic E-state index is 13.0. The van der Waals surface area contributed by atoms with Crippen LogP contribution in [0.15, 0.2) is 48.5 Å². The van der Waals surface area contributed by atoms with Crippen molar-refractivity contribution in [2.75, 3.05) is 44.6 Å². The Bertz CT molecular complexity index is 1050. The summed E-state index contributed by atoms with van der Waals surface area (Å²) < 4.78 is 1.19. The molecule has 0 aliphatic carbocycles. The largest absolute Gasteiger partial charge is 0.385 e. The fourth-order valence-corrected chi connectivity index (χ4v) is 6.13. The van der Waals surface area contributed by atoms with Gasteiger partial charge in [0.15, 0.2) is 0 Å². The van der Waals surface area contributed by atoms with E-state index in [9.17, 15) is 4.79 Å². The van der Waals surface area contributed by atoms with Crippen LogP contribution in [0.2, 0.25) is 5.02 Å². The summed E-state index contributed by atoms with van der Waals surface area (Å²) in [6.45, 7) is 8.08. The van der Waals surface area contributed by atoms with Crippen LogP contribution < -0.4 is 5.32 Å². The molecule has 0 spiro atoms. The molecule has 5 rings (SSSR count). The van der Waals surface area contributed by atoms with Crippen molar-refractivity contribution in [2.45, 2.75) is 13.3 Å². The number of fused-ring (bicyclic) bond motifs is 2. The molecule has 1 aromatic heterocycles. The molecule has 2 atom stereocenters. The zero-order chi connectivity index (χ0) is 21.4. The van der Waals surface area contributed by atoms with Gasteiger partial charge in [0.1, 0.15) is 0 Å². The Kier molecular flexibility index (Phi) is 5.91. The summed E-state index contributed by atoms with van der Waals surface area (Å²) in [6, 6.07) is 16.4. The number of amides is 1. The molecule has 0 bridgehead atoms. The Morgan fingerprint density at radius 3 is 2.61 bits per heavy atom. The molecule has 2 saturated heterocycles. The van der Waals surface area contributed by atoms with E-state index in [-0.39, 0.29) is 5.91 Å². The predicted molar refractivity (Wildman–Crippen MR) is 130 cm³/mol. The topological polar surface area (TPSA) is 35.6 Å². The molecular formula is C25H28ClN3OS. The number of thiophene rings is 1. The van der Waals surface area contributed by atoms with Crippen LogP contribution in [-0.4, -0.2) is 55.0 Å². The lowest BCUT2D eigenvalue weighted by molar-refractivity contribution is 0.0779. The van der Waals surface area contributed by atoms with Crippen LogP contribution in [0.25, 0.3) is 10.1 Å². The van der Waals surface area contributed by atoms with E-state index in [0.29, 0.717) is 11.8 Å². The molecule has 2 unspecified atom stereocenters. The molecule has 31 heavy (non-hydrogen) atoms. The fraction of sp³-hybridized carbons (Fsp3) is 0.400. The first-order chi connectivity index (χ1) is 15.1. The first kappa shape index (κ1) is 20.8. The first-order valence-corrected chi connectivity index (χ1v) is 12.3. The normalized spacial score (nSPS) is 21.0. The lowest BCUT2D eigenvalue weighted by Crippen LogP contribution is -2.33. The van der Waals surface area contributed by atoms with Gasteiger partial charge in [0.2, 0.25) is 0 Å². The highest BCUT2D eigenvalue weighted by atomic mass is 35.5. The number of nitrogens with zero attached hydrogens (tertiary/aromatic N) is 2. The third kappa shape index (κ3) is 4.45. The second kappa shape index (κ2) is 8.81. The maximum absolute atomic E-state index is 13.0. The summed E-state index contributed by atoms with van der Waals surface area (Å²) >= 11 is 7.82. The number of benzene rings is 2. The Morgan fingerprint density at radius 2 is 1.87 bits per heavy atom. The van der Waals surface area contributed by atoms with Crippen LogP contribution >= 0.6 is 22.9 Å². The summed E-state index contributed by atoms with van der Waals surface area (Å²) in [4.78, 5) is 18.6. The van der Waals surface area contributed by atoms with E-state index in [1.165, 1.54) is 10.1 Å². The minimum Gasteiger partial charge on any atom is -0.385 e. The van der Waals surface area contributed by atoms with Gasteiger partial charge in [-0.05, 0) is 66.9 Å². The van der Waals surface area contributed by atoms with Gasteiger partial charge in [-0.1, -0.05) is 35.9 Å². The maximum Gasteiger partial charge on any atom is 0.263 e. The van der Waals surface area contributed by atoms with Crippen LogP contribution in [-0.2, 0) is 0 Å². The molecule has 0 saturated carbocycles. The molecule has 2 aliphatic rings. The number of aryl methyl sites for hydroxylation is 1. The molecule has 162 valence electrons. The van der Waals surface area contributed by atoms with E-state index in [0.717, 1.165) is 66.8 Å². The molecule has 2 aliphatic heterocycles. The standard InChI is InChI=1S/C25H28ClN3OS/c1-17-7-8-21(12-22(17)26)27-9-4-10-28-13-19-15-29(16-20(19)14-28)25(30)24-11-18-5-2-3-6-23(18)31-24/h2-3,5-8,11-12,19-20,27H,4,9-10,13-16H2,1H3. The molecule has 1 amide bonds. The Hall–Kier alpha value is -2.08. The lowest BCUT2D eigenvalue weighted by Gasteiger charge is -2.21. The molecular weight excluding hydrogens is 426 g/mol. The second-order valence-corrected chi connectivity index (χ2v) is 10.4. The first-order valence-electron chi connectivity index (χ1n) is 11.1. The minimum absolute atomic E-state index is 0.211. The number of likely N-dealkylation sites (tertiary alicyclic amines) is 2. The van der Waals surface area contributed by atoms with E-state index < -0.39 is 0 Å². The van der Waals surface area contributed by atoms with Crippen LogP contribution in [0.5, 0.6) is 0 Å². The third-order valence-corrected chi connectivity index (χ3v) is 8.15. The van der Waals surface area contributed by atoms with E-state index in [2.05, 4.69) is 45.4 Å². The number of carbonyl (C=O) groups is 1. The highest BCUT2D eigenvalue weighted by molar-refractivity contribution is 7.20. The molecule has 2 fully saturated rings. The summed E-state index contributed by atoms with van der Waals surface area (Å²) in [5.74, 6) is 1.44. The Labute approximate surface area is 192 Å². The third-order valence-electron chi connectivity index (χ3n) is 6.64. The summed E-state index contributed by atoms with van der Waals surface area (Å²) in [7, 11) is 0. The fourth-order valence-electron chi connectivity index (χ4n) is 4.92. The highest BCUT2D eigenvalue weighted by Crippen LogP contribution is 2.34. The van der Waals surface area contributed by atoms with E-state index >= 15 is 0 Å². The number of rotatable bonds is 6. The van der Waals surface area contributed by atoms with Crippen molar-refractivity contribution in [3.63, 3.8) is 0 Å². The number of halogens is 1. The van der Waals surface area contributed by atoms with E-state index in [1.807, 2.05) is 25.1 Å². The van der Waals surface area contributed by atoms with Gasteiger partial charge in [-0.2, -0.15) is 0 Å². The second-order valence-electron chi connectivity index (χ2n) is 8.88. The molecule has 6 heteroatoms. The van der Waals surface area contributed by atoms with Crippen molar-refractivity contribution in [3.05, 3.63) is 64.0 Å². The average molecular weight is 454 g/mol. The number of hydrogen-bond donors (Lipinski definition) is 1. The van der Waals surface area contributed by atoms with Gasteiger partial charge < -0.3 is 15.1 Å². The van der Waals surface area contributed by atoms with Crippen LogP contribution in [0.4, 0.5) is 5.69 Å². The summed E-state index contributed by atoms with van der Waals surface area (Å²) in [5, 5.41) is 5.46. The SMILES string of the molecule is Cc1ccc(NCCCN2CC3CN(C(=O)c4cc5ccccc5s4)CC3C2)cc1Cl. The lowest BCUT2D eigenvalue weighted by atomic mass is 10.0. The number of nitrogens with one attached hydrogen (secondary N) is 1. The molecule has 0 radical (unpaired) electrons. The minimum atomic E-state index is 0.211. The Balaban J connectivity index is 1.08. The number of hydrogen-bond acceptors (Lipinski definition) is 4. The van der Waals surface area contributed by atoms with E-state index in [1.54, 1.807) is 11.3 Å². The van der Waals surface area contributed by atoms with Gasteiger partial charge >= 0.3 is 0 Å². The van der Waals surface area contributed by atoms with Gasteiger partial charge in [-0.15, -0.1) is 11.3 Å². The predicted octanol–water partition coefficient (Wildman–Crippen LogP) is 5.37. The van der Waals surface area contributed by atoms with Gasteiger partial charge in [0, 0.05) is 48.1 Å². The van der Waals surface area contributed by atoms with Gasteiger partial charge in [-0.25, -0.2) is 0 Å². The molecule has 2 aromatic carbocycles. The highest BCUT2D eigenvalue weighted by Gasteiger charge is 2.41. The monoisotopic (exact) mass is 453 g/mol. The van der Waals surface area contributed by atoms with Crippen molar-refractivity contribution in [2.24, 2.45) is 11.8 Å². The zero-order valence-electron chi connectivity index (χ0n) is 17.8. The molecule has 3 aromatic rings. The Morgan fingerprint density at radius 1 is 1.10 bits per heavy atom. The quantitative estimate of drug-likeness (QED) is 0.509. The van der Waals surface area contributed by atoms with Crippen LogP contribution in [0.3, 0.4) is 0 Å². The molecule has 4 nitrogen and oxygen atoms in total. The average Bonchev–Trinajstić information content (AvgIpc) is 3.46.